The maximum Gasteiger partial charge on any atom is 0.305 e. The van der Waals surface area contributed by atoms with Crippen LogP contribution in [-0.4, -0.2) is 47.8 Å². The van der Waals surface area contributed by atoms with Crippen LogP contribution in [0.5, 0.6) is 0 Å². The van der Waals surface area contributed by atoms with Crippen LogP contribution >= 0.6 is 15.9 Å². The summed E-state index contributed by atoms with van der Waals surface area (Å²) in [5.74, 6) is 0.310. The molecule has 4 aliphatic carbocycles. The molecule has 4 aliphatic rings. The van der Waals surface area contributed by atoms with Crippen LogP contribution in [0.2, 0.25) is 0 Å². The number of ketones is 1. The Morgan fingerprint density at radius 2 is 1.73 bits per heavy atom. The van der Waals surface area contributed by atoms with E-state index >= 15 is 0 Å². The van der Waals surface area contributed by atoms with Gasteiger partial charge in [-0.3, -0.25) is 19.2 Å². The summed E-state index contributed by atoms with van der Waals surface area (Å²) in [5, 5.41) is 0. The Morgan fingerprint density at radius 1 is 1.05 bits per heavy atom. The average Bonchev–Trinajstić information content (AvgIpc) is 3.18. The van der Waals surface area contributed by atoms with Crippen LogP contribution in [0.3, 0.4) is 0 Å². The normalized spacial score (nSPS) is 43.6. The lowest BCUT2D eigenvalue weighted by molar-refractivity contribution is -0.195. The van der Waals surface area contributed by atoms with Gasteiger partial charge in [0, 0.05) is 31.6 Å². The summed E-state index contributed by atoms with van der Waals surface area (Å²) in [5.41, 5.74) is -0.654. The maximum atomic E-state index is 14.3. The average molecular weight is 584 g/mol. The Bertz CT molecular complexity index is 935. The maximum absolute atomic E-state index is 14.3. The van der Waals surface area contributed by atoms with Crippen LogP contribution < -0.4 is 0 Å². The summed E-state index contributed by atoms with van der Waals surface area (Å²) >= 11 is 3.91. The number of carbonyl (C=O) groups is 4. The number of ether oxygens (including phenoxy) is 3. The molecule has 0 heterocycles. The van der Waals surface area contributed by atoms with Crippen molar-refractivity contribution >= 4 is 39.6 Å². The first kappa shape index (κ1) is 28.6. The number of hydrogen-bond donors (Lipinski definition) is 0. The smallest absolute Gasteiger partial charge is 0.305 e. The zero-order valence-corrected chi connectivity index (χ0v) is 24.7. The lowest BCUT2D eigenvalue weighted by atomic mass is 9.43. The zero-order chi connectivity index (χ0) is 27.3. The van der Waals surface area contributed by atoms with Gasteiger partial charge >= 0.3 is 17.9 Å². The van der Waals surface area contributed by atoms with E-state index in [1.165, 1.54) is 21.0 Å². The number of fused-ring (bicyclic) bond motifs is 5. The van der Waals surface area contributed by atoms with E-state index in [4.69, 9.17) is 14.2 Å². The van der Waals surface area contributed by atoms with Crippen LogP contribution in [0.25, 0.3) is 0 Å². The second-order valence-corrected chi connectivity index (χ2v) is 13.6. The van der Waals surface area contributed by atoms with E-state index in [2.05, 4.69) is 36.7 Å². The summed E-state index contributed by atoms with van der Waals surface area (Å²) in [4.78, 5) is 49.8. The molecule has 8 heteroatoms. The third-order valence-corrected chi connectivity index (χ3v) is 11.9. The quantitative estimate of drug-likeness (QED) is 0.239. The Morgan fingerprint density at radius 3 is 2.35 bits per heavy atom. The Kier molecular flexibility index (Phi) is 8.19. The molecule has 4 saturated carbocycles. The molecule has 11 atom stereocenters. The minimum Gasteiger partial charge on any atom is -0.469 e. The molecular weight excluding hydrogens is 540 g/mol. The van der Waals surface area contributed by atoms with E-state index in [1.54, 1.807) is 0 Å². The largest absolute Gasteiger partial charge is 0.469 e. The van der Waals surface area contributed by atoms with Crippen LogP contribution in [0, 0.1) is 46.3 Å². The molecule has 208 valence electrons. The number of Topliss-reactive ketones (excluding diaryl/α,β-unsaturated/α-hetero) is 1. The standard InChI is InChI=1S/C29H43BrO7/c1-15(7-10-23(33)35-6)20-8-9-21-24-22(37-17(3)32)14-18-13-19(36-16(2)31)11-12-28(18,4)25(24)26(30)27(34)29(20,21)5/h15,18-22,24-26H,7-14H2,1-6H3/t15-,18+,19-,20-,21+,22-,24-,25-,26+,28+,29-/m1/s1. The molecule has 0 aromatic heterocycles. The topological polar surface area (TPSA) is 96.0 Å². The number of esters is 3. The minimum atomic E-state index is -0.540. The van der Waals surface area contributed by atoms with Gasteiger partial charge in [0.2, 0.25) is 0 Å². The van der Waals surface area contributed by atoms with Gasteiger partial charge in [-0.2, -0.15) is 0 Å². The number of hydrogen-bond acceptors (Lipinski definition) is 7. The first-order valence-corrected chi connectivity index (χ1v) is 14.9. The molecule has 4 rings (SSSR count). The molecule has 0 radical (unpaired) electrons. The third kappa shape index (κ3) is 4.89. The third-order valence-electron chi connectivity index (χ3n) is 10.9. The summed E-state index contributed by atoms with van der Waals surface area (Å²) in [6.07, 6.45) is 5.64. The van der Waals surface area contributed by atoms with Crippen molar-refractivity contribution in [1.29, 1.82) is 0 Å². The number of carbonyl (C=O) groups excluding carboxylic acids is 4. The first-order chi connectivity index (χ1) is 17.3. The molecule has 0 aliphatic heterocycles. The number of methoxy groups -OCH3 is 1. The van der Waals surface area contributed by atoms with Crippen LogP contribution in [0.4, 0.5) is 0 Å². The van der Waals surface area contributed by atoms with E-state index < -0.39 is 5.41 Å². The molecule has 0 N–H and O–H groups in total. The highest BCUT2D eigenvalue weighted by atomic mass is 79.9. The highest BCUT2D eigenvalue weighted by Crippen LogP contribution is 2.68. The molecule has 4 fully saturated rings. The van der Waals surface area contributed by atoms with Gasteiger partial charge in [-0.15, -0.1) is 0 Å². The highest BCUT2D eigenvalue weighted by Gasteiger charge is 2.69. The van der Waals surface area contributed by atoms with Gasteiger partial charge in [-0.1, -0.05) is 36.7 Å². The van der Waals surface area contributed by atoms with E-state index in [0.29, 0.717) is 12.8 Å². The van der Waals surface area contributed by atoms with Crippen molar-refractivity contribution in [2.24, 2.45) is 46.3 Å². The highest BCUT2D eigenvalue weighted by molar-refractivity contribution is 9.10. The van der Waals surface area contributed by atoms with E-state index in [1.807, 2.05) is 0 Å². The predicted molar refractivity (Wildman–Crippen MR) is 141 cm³/mol. The van der Waals surface area contributed by atoms with Crippen molar-refractivity contribution in [2.45, 2.75) is 103 Å². The van der Waals surface area contributed by atoms with Gasteiger partial charge in [-0.25, -0.2) is 0 Å². The minimum absolute atomic E-state index is 0.0450. The van der Waals surface area contributed by atoms with Crippen molar-refractivity contribution in [3.8, 4) is 0 Å². The van der Waals surface area contributed by atoms with Gasteiger partial charge < -0.3 is 14.2 Å². The fourth-order valence-electron chi connectivity index (χ4n) is 9.19. The van der Waals surface area contributed by atoms with Gasteiger partial charge in [0.1, 0.15) is 12.2 Å². The molecule has 0 spiro atoms. The van der Waals surface area contributed by atoms with E-state index in [9.17, 15) is 19.2 Å². The number of halogens is 1. The Hall–Kier alpha value is -1.44. The van der Waals surface area contributed by atoms with Crippen molar-refractivity contribution in [1.82, 2.24) is 0 Å². The molecule has 0 aromatic rings. The summed E-state index contributed by atoms with van der Waals surface area (Å²) in [6.45, 7) is 9.51. The van der Waals surface area contributed by atoms with E-state index in [-0.39, 0.29) is 81.6 Å². The molecule has 0 saturated heterocycles. The fraction of sp³-hybridized carbons (Fsp3) is 0.862. The van der Waals surface area contributed by atoms with Crippen LogP contribution in [-0.2, 0) is 33.4 Å². The molecule has 0 amide bonds. The van der Waals surface area contributed by atoms with Crippen molar-refractivity contribution in [3.05, 3.63) is 0 Å². The predicted octanol–water partition coefficient (Wildman–Crippen LogP) is 5.26. The van der Waals surface area contributed by atoms with E-state index in [0.717, 1.165) is 38.5 Å². The van der Waals surface area contributed by atoms with Gasteiger partial charge in [0.25, 0.3) is 0 Å². The summed E-state index contributed by atoms with van der Waals surface area (Å²) < 4.78 is 16.5. The number of rotatable bonds is 6. The van der Waals surface area contributed by atoms with Gasteiger partial charge in [0.05, 0.1) is 11.9 Å². The summed E-state index contributed by atoms with van der Waals surface area (Å²) in [6, 6.07) is 0. The lowest BCUT2D eigenvalue weighted by Gasteiger charge is -2.63. The van der Waals surface area contributed by atoms with Crippen LogP contribution in [0.15, 0.2) is 0 Å². The second-order valence-electron chi connectivity index (χ2n) is 12.6. The second kappa shape index (κ2) is 10.6. The van der Waals surface area contributed by atoms with Gasteiger partial charge in [-0.05, 0) is 80.0 Å². The molecule has 37 heavy (non-hydrogen) atoms. The SMILES string of the molecule is COC(=O)CC[C@@H](C)[C@H]1CC[C@H]2[C@H]3[C@H]([C@H](Br)C(=O)[C@]12C)[C@@]1(C)CC[C@@H](OC(C)=O)C[C@H]1C[C@H]3OC(C)=O. The molecule has 0 unspecified atom stereocenters. The number of alkyl halides is 1. The zero-order valence-electron chi connectivity index (χ0n) is 23.1. The molecule has 7 nitrogen and oxygen atoms in total. The summed E-state index contributed by atoms with van der Waals surface area (Å²) in [7, 11) is 1.41. The lowest BCUT2D eigenvalue weighted by Crippen LogP contribution is -2.66. The van der Waals surface area contributed by atoms with Gasteiger partial charge in [0.15, 0.2) is 5.78 Å². The Labute approximate surface area is 229 Å². The monoisotopic (exact) mass is 582 g/mol. The van der Waals surface area contributed by atoms with Crippen molar-refractivity contribution in [2.75, 3.05) is 7.11 Å². The molecular formula is C29H43BrO7. The molecule has 0 bridgehead atoms. The molecule has 0 aromatic carbocycles. The first-order valence-electron chi connectivity index (χ1n) is 13.9. The van der Waals surface area contributed by atoms with Crippen LogP contribution in [0.1, 0.15) is 86.0 Å². The fourth-order valence-corrected chi connectivity index (χ4v) is 10.6. The van der Waals surface area contributed by atoms with Crippen molar-refractivity contribution in [3.63, 3.8) is 0 Å². The Balaban J connectivity index is 1.67. The van der Waals surface area contributed by atoms with Crippen molar-refractivity contribution < 1.29 is 33.4 Å².